The highest BCUT2D eigenvalue weighted by atomic mass is 19.4. The smallest absolute Gasteiger partial charge is 0.422 e. The van der Waals surface area contributed by atoms with Crippen molar-refractivity contribution in [1.82, 2.24) is 4.90 Å². The summed E-state index contributed by atoms with van der Waals surface area (Å²) < 4.78 is 40.7. The Morgan fingerprint density at radius 1 is 1.00 bits per heavy atom. The fourth-order valence-corrected chi connectivity index (χ4v) is 4.51. The molecule has 0 saturated carbocycles. The van der Waals surface area contributed by atoms with Crippen LogP contribution in [-0.4, -0.2) is 43.2 Å². The third-order valence-corrected chi connectivity index (χ3v) is 6.09. The highest BCUT2D eigenvalue weighted by molar-refractivity contribution is 5.74. The molecule has 2 aromatic rings. The van der Waals surface area contributed by atoms with Crippen LogP contribution in [0.1, 0.15) is 42.4 Å². The molecule has 1 amide bonds. The van der Waals surface area contributed by atoms with Crippen LogP contribution in [0, 0.1) is 5.92 Å². The summed E-state index contributed by atoms with van der Waals surface area (Å²) in [6, 6.07) is 15.3. The Morgan fingerprint density at radius 3 is 2.15 bits per heavy atom. The molecule has 4 rings (SSSR count). The van der Waals surface area contributed by atoms with Crippen molar-refractivity contribution in [3.63, 3.8) is 0 Å². The SMILES string of the molecule is FC(F)(F)COc1ccc(CCCN2CCCC2)cc1.NC(=O)CC1Cc2ccccc2C1. The molecule has 7 heteroatoms. The van der Waals surface area contributed by atoms with Gasteiger partial charge in [0.1, 0.15) is 5.75 Å². The topological polar surface area (TPSA) is 55.6 Å². The lowest BCUT2D eigenvalue weighted by molar-refractivity contribution is -0.153. The van der Waals surface area contributed by atoms with E-state index in [-0.39, 0.29) is 11.7 Å². The molecule has 2 N–H and O–H groups in total. The van der Waals surface area contributed by atoms with E-state index >= 15 is 0 Å². The Hall–Kier alpha value is -2.54. The molecule has 4 nitrogen and oxygen atoms in total. The summed E-state index contributed by atoms with van der Waals surface area (Å²) >= 11 is 0. The van der Waals surface area contributed by atoms with Crippen LogP contribution in [0.4, 0.5) is 13.2 Å². The molecule has 2 aliphatic rings. The maximum Gasteiger partial charge on any atom is 0.422 e. The molecule has 33 heavy (non-hydrogen) atoms. The lowest BCUT2D eigenvalue weighted by Crippen LogP contribution is -2.20. The number of amides is 1. The van der Waals surface area contributed by atoms with Crippen molar-refractivity contribution >= 4 is 5.91 Å². The van der Waals surface area contributed by atoms with E-state index in [0.29, 0.717) is 12.3 Å². The van der Waals surface area contributed by atoms with Gasteiger partial charge in [0.05, 0.1) is 0 Å². The quantitative estimate of drug-likeness (QED) is 0.605. The molecule has 1 aliphatic heterocycles. The van der Waals surface area contributed by atoms with E-state index < -0.39 is 12.8 Å². The Bertz CT molecular complexity index is 853. The lowest BCUT2D eigenvalue weighted by Gasteiger charge is -2.14. The van der Waals surface area contributed by atoms with Gasteiger partial charge in [-0.2, -0.15) is 13.2 Å². The second-order valence-corrected chi connectivity index (χ2v) is 8.91. The van der Waals surface area contributed by atoms with Crippen molar-refractivity contribution in [1.29, 1.82) is 0 Å². The molecule has 0 bridgehead atoms. The van der Waals surface area contributed by atoms with Gasteiger partial charge in [-0.1, -0.05) is 36.4 Å². The molecule has 2 aromatic carbocycles. The number of hydrogen-bond acceptors (Lipinski definition) is 3. The van der Waals surface area contributed by atoms with Gasteiger partial charge in [-0.15, -0.1) is 0 Å². The molecule has 0 radical (unpaired) electrons. The van der Waals surface area contributed by atoms with E-state index in [1.54, 1.807) is 12.1 Å². The van der Waals surface area contributed by atoms with Crippen molar-refractivity contribution in [2.24, 2.45) is 11.7 Å². The van der Waals surface area contributed by atoms with E-state index in [9.17, 15) is 18.0 Å². The Morgan fingerprint density at radius 2 is 1.61 bits per heavy atom. The van der Waals surface area contributed by atoms with Crippen LogP contribution >= 0.6 is 0 Å². The minimum absolute atomic E-state index is 0.183. The van der Waals surface area contributed by atoms with Crippen molar-refractivity contribution < 1.29 is 22.7 Å². The van der Waals surface area contributed by atoms with Crippen LogP contribution in [-0.2, 0) is 24.1 Å². The molecule has 1 aliphatic carbocycles. The number of likely N-dealkylation sites (tertiary alicyclic amines) is 1. The number of nitrogens with zero attached hydrogens (tertiary/aromatic N) is 1. The van der Waals surface area contributed by atoms with Crippen molar-refractivity contribution in [2.45, 2.75) is 51.1 Å². The zero-order chi connectivity index (χ0) is 23.7. The maximum atomic E-state index is 12.0. The average Bonchev–Trinajstić information content (AvgIpc) is 3.42. The number of fused-ring (bicyclic) bond motifs is 1. The minimum atomic E-state index is -4.28. The predicted octanol–water partition coefficient (Wildman–Crippen LogP) is 4.93. The van der Waals surface area contributed by atoms with Crippen molar-refractivity contribution in [3.8, 4) is 5.75 Å². The number of alkyl halides is 3. The number of nitrogens with two attached hydrogens (primary N) is 1. The average molecular weight is 463 g/mol. The maximum absolute atomic E-state index is 12.0. The van der Waals surface area contributed by atoms with E-state index in [0.717, 1.165) is 37.8 Å². The largest absolute Gasteiger partial charge is 0.484 e. The van der Waals surface area contributed by atoms with Crippen LogP contribution in [0.25, 0.3) is 0 Å². The van der Waals surface area contributed by atoms with E-state index in [2.05, 4.69) is 21.8 Å². The van der Waals surface area contributed by atoms with E-state index in [1.165, 1.54) is 37.1 Å². The third kappa shape index (κ3) is 9.08. The summed E-state index contributed by atoms with van der Waals surface area (Å²) in [7, 11) is 0. The van der Waals surface area contributed by atoms with Crippen molar-refractivity contribution in [3.05, 3.63) is 65.2 Å². The first kappa shape index (κ1) is 25.1. The molecule has 0 unspecified atom stereocenters. The summed E-state index contributed by atoms with van der Waals surface area (Å²) in [5, 5.41) is 0. The first-order chi connectivity index (χ1) is 15.8. The zero-order valence-electron chi connectivity index (χ0n) is 18.9. The summed E-state index contributed by atoms with van der Waals surface area (Å²) in [5.74, 6) is 0.526. The number of benzene rings is 2. The van der Waals surface area contributed by atoms with Crippen LogP contribution in [0.3, 0.4) is 0 Å². The number of aryl methyl sites for hydroxylation is 1. The second-order valence-electron chi connectivity index (χ2n) is 8.91. The molecule has 0 aromatic heterocycles. The molecule has 0 atom stereocenters. The number of primary amides is 1. The molecular formula is C26H33F3N2O2. The van der Waals surface area contributed by atoms with Gasteiger partial charge in [0.15, 0.2) is 6.61 Å². The summed E-state index contributed by atoms with van der Waals surface area (Å²) in [6.45, 7) is 2.27. The normalized spacial score (nSPS) is 16.2. The fourth-order valence-electron chi connectivity index (χ4n) is 4.51. The summed E-state index contributed by atoms with van der Waals surface area (Å²) in [6.07, 6.45) is 2.90. The van der Waals surface area contributed by atoms with Gasteiger partial charge >= 0.3 is 6.18 Å². The predicted molar refractivity (Wildman–Crippen MR) is 123 cm³/mol. The second kappa shape index (κ2) is 12.1. The van der Waals surface area contributed by atoms with Gasteiger partial charge in [-0.3, -0.25) is 4.79 Å². The first-order valence-corrected chi connectivity index (χ1v) is 11.6. The summed E-state index contributed by atoms with van der Waals surface area (Å²) in [5.41, 5.74) is 9.08. The standard InChI is InChI=1S/C15H20F3NO.C11H13NO/c16-15(17,18)12-20-14-7-5-13(6-8-14)4-3-11-19-9-1-2-10-19;12-11(13)7-8-5-9-3-1-2-4-10(9)6-8/h5-8H,1-4,9-12H2;1-4,8H,5-7H2,(H2,12,13). The number of carbonyl (C=O) groups is 1. The van der Waals surface area contributed by atoms with Gasteiger partial charge < -0.3 is 15.4 Å². The first-order valence-electron chi connectivity index (χ1n) is 11.6. The molecule has 180 valence electrons. The fraction of sp³-hybridized carbons (Fsp3) is 0.500. The highest BCUT2D eigenvalue weighted by Crippen LogP contribution is 2.28. The molecule has 1 heterocycles. The van der Waals surface area contributed by atoms with Gasteiger partial charge in [-0.25, -0.2) is 0 Å². The highest BCUT2D eigenvalue weighted by Gasteiger charge is 2.28. The third-order valence-electron chi connectivity index (χ3n) is 6.09. The minimum Gasteiger partial charge on any atom is -0.484 e. The van der Waals surface area contributed by atoms with E-state index in [4.69, 9.17) is 5.73 Å². The zero-order valence-corrected chi connectivity index (χ0v) is 18.9. The van der Waals surface area contributed by atoms with Crippen LogP contribution in [0.15, 0.2) is 48.5 Å². The lowest BCUT2D eigenvalue weighted by atomic mass is 10.0. The van der Waals surface area contributed by atoms with Crippen LogP contribution in [0.5, 0.6) is 5.75 Å². The number of ether oxygens (including phenoxy) is 1. The van der Waals surface area contributed by atoms with Gasteiger partial charge in [0.25, 0.3) is 0 Å². The van der Waals surface area contributed by atoms with Crippen molar-refractivity contribution in [2.75, 3.05) is 26.2 Å². The Labute approximate surface area is 193 Å². The van der Waals surface area contributed by atoms with Gasteiger partial charge in [0, 0.05) is 6.42 Å². The molecule has 1 saturated heterocycles. The number of carbonyl (C=O) groups excluding carboxylic acids is 1. The van der Waals surface area contributed by atoms with E-state index in [1.807, 2.05) is 24.3 Å². The Kier molecular flexibility index (Phi) is 9.18. The monoisotopic (exact) mass is 462 g/mol. The molecule has 1 fully saturated rings. The number of halogens is 3. The van der Waals surface area contributed by atoms with Gasteiger partial charge in [-0.05, 0) is 92.9 Å². The number of rotatable bonds is 8. The number of hydrogen-bond donors (Lipinski definition) is 1. The van der Waals surface area contributed by atoms with Crippen LogP contribution < -0.4 is 10.5 Å². The van der Waals surface area contributed by atoms with Crippen LogP contribution in [0.2, 0.25) is 0 Å². The Balaban J connectivity index is 0.000000203. The van der Waals surface area contributed by atoms with Gasteiger partial charge in [0.2, 0.25) is 5.91 Å². The summed E-state index contributed by atoms with van der Waals surface area (Å²) in [4.78, 5) is 13.2. The molecule has 0 spiro atoms. The molecular weight excluding hydrogens is 429 g/mol.